The molecule has 2 N–H and O–H groups in total. The maximum atomic E-state index is 6.10. The summed E-state index contributed by atoms with van der Waals surface area (Å²) in [5.41, 5.74) is 8.16. The van der Waals surface area contributed by atoms with Crippen LogP contribution in [-0.4, -0.2) is 19.7 Å². The molecule has 0 bridgehead atoms. The molecule has 0 unspecified atom stereocenters. The van der Waals surface area contributed by atoms with E-state index in [1.54, 1.807) is 6.20 Å². The molecule has 1 aliphatic rings. The molecule has 0 aromatic carbocycles. The van der Waals surface area contributed by atoms with Gasteiger partial charge in [0.25, 0.3) is 0 Å². The smallest absolute Gasteiger partial charge is 0.180 e. The summed E-state index contributed by atoms with van der Waals surface area (Å²) in [4.78, 5) is 9.26. The van der Waals surface area contributed by atoms with Crippen LogP contribution < -0.4 is 5.73 Å². The van der Waals surface area contributed by atoms with E-state index in [2.05, 4.69) is 39.6 Å². The third-order valence-electron chi connectivity index (χ3n) is 3.89. The zero-order valence-electron chi connectivity index (χ0n) is 11.5. The molecule has 0 amide bonds. The van der Waals surface area contributed by atoms with Crippen LogP contribution in [0.25, 0.3) is 11.5 Å². The Bertz CT molecular complexity index is 616. The average molecular weight is 383 g/mol. The highest BCUT2D eigenvalue weighted by Gasteiger charge is 2.24. The summed E-state index contributed by atoms with van der Waals surface area (Å²) >= 11 is 2.27. The Morgan fingerprint density at radius 1 is 1.35 bits per heavy atom. The molecule has 106 valence electrons. The van der Waals surface area contributed by atoms with Gasteiger partial charge in [0.2, 0.25) is 0 Å². The number of halogens is 1. The van der Waals surface area contributed by atoms with Gasteiger partial charge in [-0.3, -0.25) is 4.68 Å². The molecule has 0 atom stereocenters. The first-order valence-corrected chi connectivity index (χ1v) is 8.13. The lowest BCUT2D eigenvalue weighted by Crippen LogP contribution is -2.10. The van der Waals surface area contributed by atoms with E-state index in [-0.39, 0.29) is 0 Å². The maximum Gasteiger partial charge on any atom is 0.180 e. The first kappa shape index (κ1) is 13.8. The number of hydrogen-bond donors (Lipinski definition) is 1. The van der Waals surface area contributed by atoms with Crippen LogP contribution in [0, 0.1) is 3.57 Å². The zero-order valence-corrected chi connectivity index (χ0v) is 13.7. The van der Waals surface area contributed by atoms with Crippen LogP contribution in [-0.2, 0) is 6.54 Å². The summed E-state index contributed by atoms with van der Waals surface area (Å²) in [7, 11) is 0. The molecule has 6 heteroatoms. The number of rotatable bonds is 3. The van der Waals surface area contributed by atoms with Gasteiger partial charge in [-0.05, 0) is 48.4 Å². The van der Waals surface area contributed by atoms with E-state index in [0.717, 1.165) is 21.5 Å². The molecule has 0 spiro atoms. The molecule has 3 rings (SSSR count). The van der Waals surface area contributed by atoms with E-state index in [4.69, 9.17) is 10.7 Å². The van der Waals surface area contributed by atoms with Crippen LogP contribution >= 0.6 is 22.6 Å². The van der Waals surface area contributed by atoms with Crippen molar-refractivity contribution < 1.29 is 0 Å². The van der Waals surface area contributed by atoms with E-state index in [9.17, 15) is 0 Å². The van der Waals surface area contributed by atoms with Gasteiger partial charge in [0.15, 0.2) is 5.82 Å². The second-order valence-electron chi connectivity index (χ2n) is 5.15. The zero-order chi connectivity index (χ0) is 14.1. The highest BCUT2D eigenvalue weighted by molar-refractivity contribution is 14.1. The minimum atomic E-state index is 0.531. The number of nitrogens with zero attached hydrogens (tertiary/aromatic N) is 4. The highest BCUT2D eigenvalue weighted by Crippen LogP contribution is 2.37. The van der Waals surface area contributed by atoms with Gasteiger partial charge in [-0.25, -0.2) is 9.97 Å². The van der Waals surface area contributed by atoms with Gasteiger partial charge >= 0.3 is 0 Å². The summed E-state index contributed by atoms with van der Waals surface area (Å²) in [6.07, 6.45) is 6.77. The van der Waals surface area contributed by atoms with Gasteiger partial charge in [-0.1, -0.05) is 12.8 Å². The Morgan fingerprint density at radius 2 is 2.10 bits per heavy atom. The lowest BCUT2D eigenvalue weighted by molar-refractivity contribution is 0.658. The van der Waals surface area contributed by atoms with E-state index < -0.39 is 0 Å². The fraction of sp³-hybridized carbons (Fsp3) is 0.500. The predicted octanol–water partition coefficient (Wildman–Crippen LogP) is 3.20. The Labute approximate surface area is 132 Å². The normalized spacial score (nSPS) is 15.9. The van der Waals surface area contributed by atoms with Gasteiger partial charge in [-0.15, -0.1) is 0 Å². The second-order valence-corrected chi connectivity index (χ2v) is 6.22. The van der Waals surface area contributed by atoms with Crippen LogP contribution in [0.3, 0.4) is 0 Å². The predicted molar refractivity (Wildman–Crippen MR) is 87.3 cm³/mol. The fourth-order valence-corrected chi connectivity index (χ4v) is 3.52. The van der Waals surface area contributed by atoms with Gasteiger partial charge < -0.3 is 5.73 Å². The molecule has 0 aliphatic heterocycles. The minimum absolute atomic E-state index is 0.531. The number of anilines is 1. The molecule has 1 aliphatic carbocycles. The molecule has 2 aromatic heterocycles. The lowest BCUT2D eigenvalue weighted by Gasteiger charge is -2.14. The SMILES string of the molecule is CCn1nccc1-c1nc(N)c(I)c(C2CCCC2)n1. The van der Waals surface area contributed by atoms with E-state index in [0.29, 0.717) is 17.6 Å². The van der Waals surface area contributed by atoms with Gasteiger partial charge in [0.1, 0.15) is 11.5 Å². The van der Waals surface area contributed by atoms with Crippen molar-refractivity contribution in [3.05, 3.63) is 21.5 Å². The van der Waals surface area contributed by atoms with Crippen molar-refractivity contribution >= 4 is 28.4 Å². The largest absolute Gasteiger partial charge is 0.383 e. The third kappa shape index (κ3) is 2.41. The van der Waals surface area contributed by atoms with Crippen LogP contribution in [0.4, 0.5) is 5.82 Å². The molecule has 1 fully saturated rings. The van der Waals surface area contributed by atoms with Crippen LogP contribution in [0.15, 0.2) is 12.3 Å². The summed E-state index contributed by atoms with van der Waals surface area (Å²) in [6, 6.07) is 1.95. The molecular formula is C14H18IN5. The van der Waals surface area contributed by atoms with Crippen LogP contribution in [0.5, 0.6) is 0 Å². The Hall–Kier alpha value is -1.18. The molecule has 2 heterocycles. The van der Waals surface area contributed by atoms with Crippen LogP contribution in [0.1, 0.15) is 44.2 Å². The van der Waals surface area contributed by atoms with Crippen LogP contribution in [0.2, 0.25) is 0 Å². The van der Waals surface area contributed by atoms with Crippen molar-refractivity contribution in [3.8, 4) is 11.5 Å². The van der Waals surface area contributed by atoms with E-state index in [1.807, 2.05) is 10.7 Å². The highest BCUT2D eigenvalue weighted by atomic mass is 127. The number of nitrogen functional groups attached to an aromatic ring is 1. The van der Waals surface area contributed by atoms with Gasteiger partial charge in [0, 0.05) is 18.7 Å². The van der Waals surface area contributed by atoms with Gasteiger partial charge in [0.05, 0.1) is 9.26 Å². The first-order chi connectivity index (χ1) is 9.70. The lowest BCUT2D eigenvalue weighted by atomic mass is 10.0. The van der Waals surface area contributed by atoms with Crippen molar-refractivity contribution in [1.29, 1.82) is 0 Å². The number of hydrogen-bond acceptors (Lipinski definition) is 4. The molecule has 1 saturated carbocycles. The van der Waals surface area contributed by atoms with Gasteiger partial charge in [-0.2, -0.15) is 5.10 Å². The fourth-order valence-electron chi connectivity index (χ4n) is 2.84. The summed E-state index contributed by atoms with van der Waals surface area (Å²) < 4.78 is 2.92. The Morgan fingerprint density at radius 3 is 2.80 bits per heavy atom. The Kier molecular flexibility index (Phi) is 3.91. The van der Waals surface area contributed by atoms with Crippen molar-refractivity contribution in [3.63, 3.8) is 0 Å². The topological polar surface area (TPSA) is 69.6 Å². The van der Waals surface area contributed by atoms with Crippen molar-refractivity contribution in [2.45, 2.75) is 45.1 Å². The standard InChI is InChI=1S/C14H18IN5/c1-2-20-10(7-8-17-20)14-18-12(9-5-3-4-6-9)11(15)13(16)19-14/h7-9H,2-6H2,1H3,(H2,16,18,19). The third-order valence-corrected chi connectivity index (χ3v) is 4.99. The molecule has 2 aromatic rings. The van der Waals surface area contributed by atoms with E-state index in [1.165, 1.54) is 25.7 Å². The summed E-state index contributed by atoms with van der Waals surface area (Å²) in [5, 5.41) is 4.28. The van der Waals surface area contributed by atoms with E-state index >= 15 is 0 Å². The van der Waals surface area contributed by atoms with Crippen molar-refractivity contribution in [2.75, 3.05) is 5.73 Å². The monoisotopic (exact) mass is 383 g/mol. The minimum Gasteiger partial charge on any atom is -0.383 e. The second kappa shape index (κ2) is 5.67. The molecule has 0 radical (unpaired) electrons. The average Bonchev–Trinajstić information content (AvgIpc) is 3.11. The Balaban J connectivity index is 2.08. The quantitative estimate of drug-likeness (QED) is 0.827. The molecule has 0 saturated heterocycles. The molecule has 20 heavy (non-hydrogen) atoms. The number of nitrogens with two attached hydrogens (primary N) is 1. The number of aromatic nitrogens is 4. The first-order valence-electron chi connectivity index (χ1n) is 7.05. The summed E-state index contributed by atoms with van der Waals surface area (Å²) in [6.45, 7) is 2.86. The summed E-state index contributed by atoms with van der Waals surface area (Å²) in [5.74, 6) is 1.81. The van der Waals surface area contributed by atoms with Crippen molar-refractivity contribution in [1.82, 2.24) is 19.7 Å². The number of aryl methyl sites for hydroxylation is 1. The van der Waals surface area contributed by atoms with Crippen molar-refractivity contribution in [2.24, 2.45) is 0 Å². The maximum absolute atomic E-state index is 6.10. The molecule has 5 nitrogen and oxygen atoms in total. The molecular weight excluding hydrogens is 365 g/mol.